The number of imidazole rings is 1. The third-order valence-corrected chi connectivity index (χ3v) is 8.64. The van der Waals surface area contributed by atoms with E-state index in [9.17, 15) is 9.90 Å². The van der Waals surface area contributed by atoms with E-state index in [1.165, 1.54) is 11.6 Å². The van der Waals surface area contributed by atoms with Crippen molar-refractivity contribution in [3.63, 3.8) is 0 Å². The highest BCUT2D eigenvalue weighted by atomic mass is 16.5. The van der Waals surface area contributed by atoms with Crippen molar-refractivity contribution in [3.05, 3.63) is 82.7 Å². The third kappa shape index (κ3) is 6.20. The summed E-state index contributed by atoms with van der Waals surface area (Å²) in [6, 6.07) is 19.0. The van der Waals surface area contributed by atoms with Gasteiger partial charge in [0.2, 0.25) is 0 Å². The largest absolute Gasteiger partial charge is 0.496 e. The fourth-order valence-electron chi connectivity index (χ4n) is 6.05. The van der Waals surface area contributed by atoms with Gasteiger partial charge >= 0.3 is 5.97 Å². The van der Waals surface area contributed by atoms with Gasteiger partial charge in [0.25, 0.3) is 0 Å². The van der Waals surface area contributed by atoms with Crippen molar-refractivity contribution in [3.8, 4) is 23.3 Å². The molecule has 6 rings (SSSR count). The number of methoxy groups -OCH3 is 2. The minimum absolute atomic E-state index is 0.101. The van der Waals surface area contributed by atoms with Crippen molar-refractivity contribution >= 4 is 17.0 Å². The fourth-order valence-corrected chi connectivity index (χ4v) is 6.05. The van der Waals surface area contributed by atoms with E-state index >= 15 is 0 Å². The lowest BCUT2D eigenvalue weighted by Gasteiger charge is -2.33. The minimum atomic E-state index is -0.995. The maximum Gasteiger partial charge on any atom is 0.335 e. The number of carbonyl (C=O) groups is 1. The number of carboxylic acids is 1. The van der Waals surface area contributed by atoms with E-state index in [-0.39, 0.29) is 11.7 Å². The fraction of sp³-hybridized carbons (Fsp3) is 0.382. The van der Waals surface area contributed by atoms with Crippen molar-refractivity contribution in [1.29, 1.82) is 5.26 Å². The number of rotatable bonds is 11. The van der Waals surface area contributed by atoms with Gasteiger partial charge in [-0.1, -0.05) is 18.2 Å². The predicted molar refractivity (Wildman–Crippen MR) is 163 cm³/mol. The molecule has 2 aliphatic rings. The average molecular weight is 597 g/mol. The number of aromatic carboxylic acids is 1. The first-order chi connectivity index (χ1) is 21.4. The van der Waals surface area contributed by atoms with E-state index in [0.29, 0.717) is 48.2 Å². The molecule has 1 atom stereocenters. The average Bonchev–Trinajstić information content (AvgIpc) is 3.38. The number of benzene rings is 3. The summed E-state index contributed by atoms with van der Waals surface area (Å²) in [4.78, 5) is 19.2. The number of nitriles is 1. The van der Waals surface area contributed by atoms with Gasteiger partial charge in [-0.05, 0) is 80.2 Å². The van der Waals surface area contributed by atoms with E-state index < -0.39 is 5.97 Å². The number of piperidine rings is 1. The zero-order valence-corrected chi connectivity index (χ0v) is 25.0. The van der Waals surface area contributed by atoms with Crippen LogP contribution in [0.3, 0.4) is 0 Å². The van der Waals surface area contributed by atoms with Crippen LogP contribution >= 0.6 is 0 Å². The molecule has 0 saturated carbocycles. The van der Waals surface area contributed by atoms with Crippen LogP contribution in [0.4, 0.5) is 0 Å². The van der Waals surface area contributed by atoms with Crippen LogP contribution in [-0.2, 0) is 24.4 Å². The molecule has 0 radical (unpaired) electrons. The number of nitrogens with zero attached hydrogens (tertiary/aromatic N) is 4. The van der Waals surface area contributed by atoms with Crippen molar-refractivity contribution in [2.24, 2.45) is 0 Å². The molecular formula is C34H36N4O6. The Morgan fingerprint density at radius 2 is 1.86 bits per heavy atom. The van der Waals surface area contributed by atoms with Crippen LogP contribution in [0.25, 0.3) is 11.0 Å². The van der Waals surface area contributed by atoms with Gasteiger partial charge in [-0.15, -0.1) is 0 Å². The Labute approximate surface area is 256 Å². The summed E-state index contributed by atoms with van der Waals surface area (Å²) in [6.45, 7) is 4.23. The van der Waals surface area contributed by atoms with Gasteiger partial charge in [-0.25, -0.2) is 9.78 Å². The number of hydrogen-bond acceptors (Lipinski definition) is 8. The van der Waals surface area contributed by atoms with Gasteiger partial charge in [0, 0.05) is 12.2 Å². The molecule has 44 heavy (non-hydrogen) atoms. The number of carboxylic acid groups (broad SMARTS) is 1. The Hall–Kier alpha value is -4.59. The van der Waals surface area contributed by atoms with Crippen LogP contribution in [0.1, 0.15) is 58.1 Å². The van der Waals surface area contributed by atoms with Crippen molar-refractivity contribution in [1.82, 2.24) is 14.5 Å². The second kappa shape index (κ2) is 13.0. The van der Waals surface area contributed by atoms with Crippen LogP contribution in [0.2, 0.25) is 0 Å². The molecule has 10 nitrogen and oxygen atoms in total. The van der Waals surface area contributed by atoms with Gasteiger partial charge in [-0.2, -0.15) is 5.26 Å². The molecule has 1 aromatic heterocycles. The monoisotopic (exact) mass is 596 g/mol. The highest BCUT2D eigenvalue weighted by molar-refractivity contribution is 5.95. The molecule has 0 spiro atoms. The normalized spacial score (nSPS) is 17.2. The highest BCUT2D eigenvalue weighted by Gasteiger charge is 2.27. The Morgan fingerprint density at radius 1 is 1.07 bits per heavy atom. The molecule has 2 aliphatic heterocycles. The lowest BCUT2D eigenvalue weighted by Crippen LogP contribution is -2.35. The van der Waals surface area contributed by atoms with Crippen molar-refractivity contribution < 1.29 is 28.8 Å². The first kappa shape index (κ1) is 29.5. The summed E-state index contributed by atoms with van der Waals surface area (Å²) in [5.41, 5.74) is 4.32. The van der Waals surface area contributed by atoms with Gasteiger partial charge in [0.05, 0.1) is 56.1 Å². The second-order valence-electron chi connectivity index (χ2n) is 11.3. The molecule has 3 aromatic carbocycles. The van der Waals surface area contributed by atoms with E-state index in [2.05, 4.69) is 27.7 Å². The van der Waals surface area contributed by atoms with E-state index in [0.717, 1.165) is 61.6 Å². The number of ether oxygens (including phenoxy) is 4. The molecule has 1 unspecified atom stereocenters. The zero-order chi connectivity index (χ0) is 30.6. The molecule has 0 aliphatic carbocycles. The lowest BCUT2D eigenvalue weighted by atomic mass is 9.89. The van der Waals surface area contributed by atoms with Crippen molar-refractivity contribution in [2.75, 3.05) is 33.9 Å². The van der Waals surface area contributed by atoms with Gasteiger partial charge in [0.1, 0.15) is 35.2 Å². The Balaban J connectivity index is 1.13. The topological polar surface area (TPSA) is 119 Å². The van der Waals surface area contributed by atoms with Gasteiger partial charge in [0.15, 0.2) is 0 Å². The smallest absolute Gasteiger partial charge is 0.335 e. The molecule has 2 fully saturated rings. The molecule has 228 valence electrons. The summed E-state index contributed by atoms with van der Waals surface area (Å²) in [5, 5.41) is 18.8. The zero-order valence-electron chi connectivity index (χ0n) is 25.0. The summed E-state index contributed by atoms with van der Waals surface area (Å²) >= 11 is 0. The molecule has 0 amide bonds. The number of likely N-dealkylation sites (tertiary alicyclic amines) is 1. The SMILES string of the molecule is COc1cc(C#N)ccc1COc1cccc(C2CCN(Cc3nc4c(OC)cc(C(=O)O)cc4n3CC3CCO3)CC2)c1. The van der Waals surface area contributed by atoms with E-state index in [1.54, 1.807) is 32.4 Å². The summed E-state index contributed by atoms with van der Waals surface area (Å²) < 4.78 is 25.0. The molecule has 3 heterocycles. The van der Waals surface area contributed by atoms with Crippen molar-refractivity contribution in [2.45, 2.75) is 51.0 Å². The van der Waals surface area contributed by atoms with E-state index in [1.807, 2.05) is 18.2 Å². The second-order valence-corrected chi connectivity index (χ2v) is 11.3. The molecule has 10 heteroatoms. The quantitative estimate of drug-likeness (QED) is 0.244. The number of hydrogen-bond donors (Lipinski definition) is 1. The maximum absolute atomic E-state index is 11.8. The van der Waals surface area contributed by atoms with E-state index in [4.69, 9.17) is 29.2 Å². The molecular weight excluding hydrogens is 560 g/mol. The molecule has 1 N–H and O–H groups in total. The van der Waals surface area contributed by atoms with Crippen LogP contribution < -0.4 is 14.2 Å². The van der Waals surface area contributed by atoms with Crippen LogP contribution in [0, 0.1) is 11.3 Å². The summed E-state index contributed by atoms with van der Waals surface area (Å²) in [5.74, 6) is 2.22. The number of fused-ring (bicyclic) bond motifs is 1. The Morgan fingerprint density at radius 3 is 2.55 bits per heavy atom. The summed E-state index contributed by atoms with van der Waals surface area (Å²) in [6.07, 6.45) is 3.09. The Bertz CT molecular complexity index is 1700. The standard InChI is InChI=1S/C34H36N4O6/c1-41-30-14-22(18-35)6-7-25(30)21-44-27-5-3-4-24(15-27)23-8-11-37(12-9-23)20-32-36-33-29(38(32)19-28-10-13-43-28)16-26(34(39)40)17-31(33)42-2/h3-7,14-17,23,28H,8-13,19-21H2,1-2H3,(H,39,40). The molecule has 0 bridgehead atoms. The molecule has 2 saturated heterocycles. The Kier molecular flexibility index (Phi) is 8.68. The van der Waals surface area contributed by atoms with Crippen LogP contribution in [-0.4, -0.2) is 65.5 Å². The minimum Gasteiger partial charge on any atom is -0.496 e. The summed E-state index contributed by atoms with van der Waals surface area (Å²) in [7, 11) is 3.14. The highest BCUT2D eigenvalue weighted by Crippen LogP contribution is 2.33. The first-order valence-corrected chi connectivity index (χ1v) is 14.9. The lowest BCUT2D eigenvalue weighted by molar-refractivity contribution is -0.0592. The third-order valence-electron chi connectivity index (χ3n) is 8.64. The predicted octanol–water partition coefficient (Wildman–Crippen LogP) is 5.37. The maximum atomic E-state index is 11.8. The molecule has 4 aromatic rings. The number of aromatic nitrogens is 2. The van der Waals surface area contributed by atoms with Crippen LogP contribution in [0.15, 0.2) is 54.6 Å². The van der Waals surface area contributed by atoms with Crippen LogP contribution in [0.5, 0.6) is 17.2 Å². The first-order valence-electron chi connectivity index (χ1n) is 14.9. The van der Waals surface area contributed by atoms with Gasteiger partial charge < -0.3 is 28.6 Å². The van der Waals surface area contributed by atoms with Gasteiger partial charge in [-0.3, -0.25) is 4.90 Å².